The lowest BCUT2D eigenvalue weighted by Gasteiger charge is -2.44. The molecule has 0 aromatic heterocycles. The summed E-state index contributed by atoms with van der Waals surface area (Å²) in [6.07, 6.45) is -17.0. The lowest BCUT2D eigenvalue weighted by atomic mass is 9.98. The van der Waals surface area contributed by atoms with Crippen molar-refractivity contribution < 1.29 is 54.3 Å². The van der Waals surface area contributed by atoms with Crippen molar-refractivity contribution in [3.8, 4) is 0 Å². The normalized spacial score (nSPS) is 51.7. The molecule has 2 aliphatic rings. The molecule has 2 fully saturated rings. The van der Waals surface area contributed by atoms with Gasteiger partial charge >= 0.3 is 0 Å². The Labute approximate surface area is 130 Å². The van der Waals surface area contributed by atoms with Crippen LogP contribution in [0.4, 0.5) is 4.39 Å². The van der Waals surface area contributed by atoms with Crippen LogP contribution in [0.1, 0.15) is 0 Å². The summed E-state index contributed by atoms with van der Waals surface area (Å²) in [6, 6.07) is 0. The molecule has 0 bridgehead atoms. The van der Waals surface area contributed by atoms with Crippen molar-refractivity contribution in [2.45, 2.75) is 61.5 Å². The zero-order valence-electron chi connectivity index (χ0n) is 11.9. The Bertz CT molecular complexity index is 349. The summed E-state index contributed by atoms with van der Waals surface area (Å²) in [4.78, 5) is 0. The molecule has 10 atom stereocenters. The van der Waals surface area contributed by atoms with Crippen molar-refractivity contribution in [2.75, 3.05) is 13.2 Å². The van der Waals surface area contributed by atoms with Gasteiger partial charge in [0.25, 0.3) is 0 Å². The van der Waals surface area contributed by atoms with Gasteiger partial charge in [0.1, 0.15) is 42.7 Å². The Morgan fingerprint density at radius 2 is 1.17 bits per heavy atom. The van der Waals surface area contributed by atoms with E-state index in [9.17, 15) is 29.9 Å². The highest BCUT2D eigenvalue weighted by Gasteiger charge is 2.50. The molecule has 0 amide bonds. The number of ether oxygens (including phenoxy) is 3. The number of alkyl halides is 1. The maximum Gasteiger partial charge on any atom is 0.190 e. The maximum atomic E-state index is 13.8. The standard InChI is InChI=1S/C12H21FO10/c13-5-6(16)3(1-14)21-11(8(5)18)23-12-10(20)9(19)7(17)4(2-15)22-12/h3-12,14-20H,1-2H2/t3?,4?,5-,6+,7+,8?,9+,10?,11+,12+/m0/s1. The van der Waals surface area contributed by atoms with Gasteiger partial charge in [-0.2, -0.15) is 0 Å². The molecule has 0 aromatic rings. The lowest BCUT2D eigenvalue weighted by molar-refractivity contribution is -0.373. The van der Waals surface area contributed by atoms with E-state index >= 15 is 0 Å². The van der Waals surface area contributed by atoms with Crippen molar-refractivity contribution in [1.29, 1.82) is 0 Å². The quantitative estimate of drug-likeness (QED) is 0.264. The van der Waals surface area contributed by atoms with E-state index in [1.807, 2.05) is 0 Å². The monoisotopic (exact) mass is 344 g/mol. The second-order valence-corrected chi connectivity index (χ2v) is 5.48. The van der Waals surface area contributed by atoms with Gasteiger partial charge in [-0.25, -0.2) is 4.39 Å². The Kier molecular flexibility index (Phi) is 6.24. The second kappa shape index (κ2) is 7.61. The molecule has 0 aromatic carbocycles. The van der Waals surface area contributed by atoms with E-state index in [-0.39, 0.29) is 0 Å². The molecule has 0 aliphatic carbocycles. The summed E-state index contributed by atoms with van der Waals surface area (Å²) in [5.41, 5.74) is 0. The summed E-state index contributed by atoms with van der Waals surface area (Å²) < 4.78 is 28.9. The van der Waals surface area contributed by atoms with E-state index in [0.29, 0.717) is 0 Å². The van der Waals surface area contributed by atoms with Gasteiger partial charge in [-0.3, -0.25) is 0 Å². The second-order valence-electron chi connectivity index (χ2n) is 5.48. The molecule has 2 saturated heterocycles. The van der Waals surface area contributed by atoms with E-state index in [1.165, 1.54) is 0 Å². The summed E-state index contributed by atoms with van der Waals surface area (Å²) in [5.74, 6) is 0. The number of aliphatic hydroxyl groups excluding tert-OH is 7. The molecule has 7 N–H and O–H groups in total. The first-order valence-corrected chi connectivity index (χ1v) is 7.04. The molecule has 10 nitrogen and oxygen atoms in total. The van der Waals surface area contributed by atoms with Crippen LogP contribution in [0.25, 0.3) is 0 Å². The van der Waals surface area contributed by atoms with Crippen LogP contribution in [0.3, 0.4) is 0 Å². The van der Waals surface area contributed by atoms with Crippen LogP contribution in [-0.2, 0) is 14.2 Å². The first-order valence-electron chi connectivity index (χ1n) is 7.04. The molecule has 136 valence electrons. The molecule has 2 heterocycles. The van der Waals surface area contributed by atoms with Gasteiger partial charge < -0.3 is 50.0 Å². The van der Waals surface area contributed by atoms with Crippen LogP contribution in [0.2, 0.25) is 0 Å². The number of hydrogen-bond acceptors (Lipinski definition) is 10. The van der Waals surface area contributed by atoms with Crippen molar-refractivity contribution in [3.63, 3.8) is 0 Å². The van der Waals surface area contributed by atoms with Crippen LogP contribution in [0.15, 0.2) is 0 Å². The Morgan fingerprint density at radius 1 is 0.696 bits per heavy atom. The highest BCUT2D eigenvalue weighted by Crippen LogP contribution is 2.28. The fourth-order valence-corrected chi connectivity index (χ4v) is 2.47. The van der Waals surface area contributed by atoms with Gasteiger partial charge in [-0.05, 0) is 0 Å². The Balaban J connectivity index is 2.07. The van der Waals surface area contributed by atoms with E-state index in [0.717, 1.165) is 0 Å². The summed E-state index contributed by atoms with van der Waals surface area (Å²) >= 11 is 0. The van der Waals surface area contributed by atoms with Gasteiger partial charge in [-0.1, -0.05) is 0 Å². The number of rotatable bonds is 4. The fourth-order valence-electron chi connectivity index (χ4n) is 2.47. The van der Waals surface area contributed by atoms with Crippen molar-refractivity contribution >= 4 is 0 Å². The zero-order chi connectivity index (χ0) is 17.3. The van der Waals surface area contributed by atoms with Gasteiger partial charge in [0.2, 0.25) is 0 Å². The molecular weight excluding hydrogens is 323 g/mol. The average molecular weight is 344 g/mol. The minimum absolute atomic E-state index is 0.692. The highest BCUT2D eigenvalue weighted by molar-refractivity contribution is 4.92. The molecule has 11 heteroatoms. The van der Waals surface area contributed by atoms with Crippen LogP contribution in [0, 0.1) is 0 Å². The highest BCUT2D eigenvalue weighted by atomic mass is 19.1. The zero-order valence-corrected chi connectivity index (χ0v) is 11.9. The summed E-state index contributed by atoms with van der Waals surface area (Å²) in [7, 11) is 0. The molecular formula is C12H21FO10. The molecule has 0 radical (unpaired) electrons. The Morgan fingerprint density at radius 3 is 1.70 bits per heavy atom. The third kappa shape index (κ3) is 3.64. The first kappa shape index (κ1) is 18.9. The number of aliphatic hydroxyl groups is 7. The predicted molar refractivity (Wildman–Crippen MR) is 67.5 cm³/mol. The van der Waals surface area contributed by atoms with Crippen LogP contribution in [-0.4, -0.2) is 110 Å². The lowest BCUT2D eigenvalue weighted by Crippen LogP contribution is -2.63. The van der Waals surface area contributed by atoms with E-state index in [4.69, 9.17) is 24.4 Å². The maximum absolute atomic E-state index is 13.8. The molecule has 2 rings (SSSR count). The first-order chi connectivity index (χ1) is 10.8. The number of hydrogen-bond donors (Lipinski definition) is 7. The van der Waals surface area contributed by atoms with Gasteiger partial charge in [0.05, 0.1) is 13.2 Å². The van der Waals surface area contributed by atoms with Crippen LogP contribution >= 0.6 is 0 Å². The predicted octanol–water partition coefficient (Wildman–Crippen LogP) is -4.42. The van der Waals surface area contributed by atoms with Gasteiger partial charge in [0, 0.05) is 0 Å². The minimum Gasteiger partial charge on any atom is -0.394 e. The fraction of sp³-hybridized carbons (Fsp3) is 1.00. The van der Waals surface area contributed by atoms with Crippen molar-refractivity contribution in [3.05, 3.63) is 0 Å². The topological polar surface area (TPSA) is 169 Å². The third-order valence-corrected chi connectivity index (χ3v) is 3.92. The number of halogens is 1. The van der Waals surface area contributed by atoms with E-state index in [1.54, 1.807) is 0 Å². The summed E-state index contributed by atoms with van der Waals surface area (Å²) in [6.45, 7) is -1.44. The van der Waals surface area contributed by atoms with Crippen molar-refractivity contribution in [1.82, 2.24) is 0 Å². The van der Waals surface area contributed by atoms with Crippen LogP contribution in [0.5, 0.6) is 0 Å². The molecule has 0 spiro atoms. The van der Waals surface area contributed by atoms with E-state index in [2.05, 4.69) is 0 Å². The van der Waals surface area contributed by atoms with Gasteiger partial charge in [-0.15, -0.1) is 0 Å². The third-order valence-electron chi connectivity index (χ3n) is 3.92. The summed E-state index contributed by atoms with van der Waals surface area (Å²) in [5, 5.41) is 66.3. The average Bonchev–Trinajstić information content (AvgIpc) is 2.55. The molecule has 4 unspecified atom stereocenters. The smallest absolute Gasteiger partial charge is 0.190 e. The van der Waals surface area contributed by atoms with Gasteiger partial charge in [0.15, 0.2) is 18.8 Å². The van der Waals surface area contributed by atoms with Crippen LogP contribution < -0.4 is 0 Å². The largest absolute Gasteiger partial charge is 0.394 e. The van der Waals surface area contributed by atoms with E-state index < -0.39 is 74.7 Å². The molecule has 2 aliphatic heterocycles. The minimum atomic E-state index is -2.18. The molecule has 0 saturated carbocycles. The SMILES string of the molecule is OCC1O[C@H](O[C@H]2OC(CO)[C@@H](O)[C@@H](O)C2O)C(O)[C@@H](F)[C@@H]1O. The van der Waals surface area contributed by atoms with Crippen molar-refractivity contribution in [2.24, 2.45) is 0 Å². The Hall–Kier alpha value is -0.470. The molecule has 23 heavy (non-hydrogen) atoms.